The van der Waals surface area contributed by atoms with Crippen LogP contribution in [-0.2, 0) is 4.79 Å². The molecule has 1 aromatic rings. The zero-order chi connectivity index (χ0) is 11.9. The molecule has 16 heavy (non-hydrogen) atoms. The van der Waals surface area contributed by atoms with Crippen molar-refractivity contribution < 1.29 is 14.6 Å². The van der Waals surface area contributed by atoms with Crippen LogP contribution in [0.5, 0.6) is 5.75 Å². The van der Waals surface area contributed by atoms with Crippen molar-refractivity contribution in [3.63, 3.8) is 0 Å². The maximum atomic E-state index is 10.9. The number of carboxylic acid groups (broad SMARTS) is 1. The van der Waals surface area contributed by atoms with Crippen LogP contribution in [0.1, 0.15) is 13.8 Å². The fourth-order valence-corrected chi connectivity index (χ4v) is 2.12. The Kier molecular flexibility index (Phi) is 2.58. The molecule has 2 unspecified atom stereocenters. The van der Waals surface area contributed by atoms with Crippen LogP contribution in [0.4, 0.5) is 0 Å². The molecular weight excluding hydrogens is 228 g/mol. The van der Waals surface area contributed by atoms with Gasteiger partial charge < -0.3 is 9.84 Å². The first-order valence-electron chi connectivity index (χ1n) is 5.08. The Bertz CT molecular complexity index is 428. The summed E-state index contributed by atoms with van der Waals surface area (Å²) in [6, 6.07) is 7.09. The number of rotatable bonds is 3. The number of hydrogen-bond donors (Lipinski definition) is 1. The molecule has 86 valence electrons. The number of aliphatic carboxylic acids is 1. The molecule has 1 saturated carbocycles. The number of hydrogen-bond acceptors (Lipinski definition) is 2. The average molecular weight is 241 g/mol. The van der Waals surface area contributed by atoms with Gasteiger partial charge in [0.2, 0.25) is 0 Å². The first-order valence-corrected chi connectivity index (χ1v) is 5.46. The predicted molar refractivity (Wildman–Crippen MR) is 60.8 cm³/mol. The summed E-state index contributed by atoms with van der Waals surface area (Å²) in [6.07, 6.45) is -0.301. The lowest BCUT2D eigenvalue weighted by atomic mass is 10.1. The van der Waals surface area contributed by atoms with Crippen LogP contribution < -0.4 is 4.74 Å². The second kappa shape index (κ2) is 3.67. The minimum atomic E-state index is -0.818. The third-order valence-corrected chi connectivity index (χ3v) is 3.40. The molecule has 0 saturated heterocycles. The van der Waals surface area contributed by atoms with E-state index in [1.165, 1.54) is 0 Å². The lowest BCUT2D eigenvalue weighted by Crippen LogP contribution is -2.07. The van der Waals surface area contributed by atoms with Crippen molar-refractivity contribution >= 4 is 17.6 Å². The molecule has 1 aromatic carbocycles. The van der Waals surface area contributed by atoms with Crippen molar-refractivity contribution in [1.29, 1.82) is 0 Å². The van der Waals surface area contributed by atoms with Crippen molar-refractivity contribution in [2.24, 2.45) is 11.3 Å². The summed E-state index contributed by atoms with van der Waals surface area (Å²) in [6.45, 7) is 3.76. The average Bonchev–Trinajstić information content (AvgIpc) is 2.72. The largest absolute Gasteiger partial charge is 0.487 e. The number of ether oxygens (including phenoxy) is 1. The lowest BCUT2D eigenvalue weighted by molar-refractivity contribution is -0.139. The van der Waals surface area contributed by atoms with E-state index in [4.69, 9.17) is 21.4 Å². The molecule has 1 fully saturated rings. The van der Waals surface area contributed by atoms with Crippen LogP contribution in [0, 0.1) is 11.3 Å². The summed E-state index contributed by atoms with van der Waals surface area (Å²) in [7, 11) is 0. The summed E-state index contributed by atoms with van der Waals surface area (Å²) in [5, 5.41) is 9.50. The molecule has 0 spiro atoms. The van der Waals surface area contributed by atoms with Gasteiger partial charge in [-0.05, 0) is 12.1 Å². The van der Waals surface area contributed by atoms with Gasteiger partial charge in [-0.15, -0.1) is 0 Å². The molecular formula is C12H13ClO3. The lowest BCUT2D eigenvalue weighted by Gasteiger charge is -2.08. The van der Waals surface area contributed by atoms with Gasteiger partial charge in [-0.1, -0.05) is 37.6 Å². The standard InChI is InChI=1S/C12H13ClO3/c1-12(2)9(11(14)15)10(12)16-8-6-4-3-5-7(8)13/h3-6,9-10H,1-2H3,(H,14,15). The topological polar surface area (TPSA) is 46.5 Å². The molecule has 1 aliphatic rings. The van der Waals surface area contributed by atoms with Gasteiger partial charge >= 0.3 is 5.97 Å². The number of carboxylic acids is 1. The zero-order valence-corrected chi connectivity index (χ0v) is 9.86. The second-order valence-electron chi connectivity index (χ2n) is 4.61. The summed E-state index contributed by atoms with van der Waals surface area (Å²) in [4.78, 5) is 10.9. The quantitative estimate of drug-likeness (QED) is 0.884. The Labute approximate surface area is 99.0 Å². The van der Waals surface area contributed by atoms with Gasteiger partial charge in [0.1, 0.15) is 17.8 Å². The highest BCUT2D eigenvalue weighted by molar-refractivity contribution is 6.32. The highest BCUT2D eigenvalue weighted by Crippen LogP contribution is 2.54. The smallest absolute Gasteiger partial charge is 0.310 e. The van der Waals surface area contributed by atoms with Gasteiger partial charge in [-0.25, -0.2) is 0 Å². The van der Waals surface area contributed by atoms with Gasteiger partial charge in [0.25, 0.3) is 0 Å². The fraction of sp³-hybridized carbons (Fsp3) is 0.417. The Morgan fingerprint density at radius 3 is 2.56 bits per heavy atom. The van der Waals surface area contributed by atoms with Gasteiger partial charge in [0.15, 0.2) is 0 Å². The molecule has 1 N–H and O–H groups in total. The Morgan fingerprint density at radius 1 is 1.44 bits per heavy atom. The number of para-hydroxylation sites is 1. The molecule has 0 radical (unpaired) electrons. The first kappa shape index (κ1) is 11.3. The summed E-state index contributed by atoms with van der Waals surface area (Å²) >= 11 is 5.94. The third kappa shape index (κ3) is 1.76. The van der Waals surface area contributed by atoms with Gasteiger partial charge in [0.05, 0.1) is 5.02 Å². The first-order chi connectivity index (χ1) is 7.44. The van der Waals surface area contributed by atoms with Crippen LogP contribution in [-0.4, -0.2) is 17.2 Å². The van der Waals surface area contributed by atoms with Crippen molar-refractivity contribution in [2.45, 2.75) is 20.0 Å². The Balaban J connectivity index is 2.14. The zero-order valence-electron chi connectivity index (χ0n) is 9.11. The summed E-state index contributed by atoms with van der Waals surface area (Å²) < 4.78 is 5.63. The predicted octanol–water partition coefficient (Wildman–Crippen LogP) is 2.83. The van der Waals surface area contributed by atoms with E-state index in [1.807, 2.05) is 26.0 Å². The highest BCUT2D eigenvalue weighted by Gasteiger charge is 2.65. The monoisotopic (exact) mass is 240 g/mol. The second-order valence-corrected chi connectivity index (χ2v) is 5.01. The number of halogens is 1. The van der Waals surface area contributed by atoms with Crippen LogP contribution in [0.2, 0.25) is 5.02 Å². The van der Waals surface area contributed by atoms with E-state index in [0.717, 1.165) is 0 Å². The number of carbonyl (C=O) groups is 1. The Hall–Kier alpha value is -1.22. The summed E-state index contributed by atoms with van der Waals surface area (Å²) in [5.74, 6) is -0.725. The summed E-state index contributed by atoms with van der Waals surface area (Å²) in [5.41, 5.74) is -0.328. The molecule has 2 atom stereocenters. The van der Waals surface area contributed by atoms with Gasteiger partial charge in [-0.3, -0.25) is 4.79 Å². The maximum Gasteiger partial charge on any atom is 0.310 e. The van der Waals surface area contributed by atoms with Crippen LogP contribution in [0.3, 0.4) is 0 Å². The molecule has 0 aliphatic heterocycles. The minimum Gasteiger partial charge on any atom is -0.487 e. The van der Waals surface area contributed by atoms with Gasteiger partial charge in [-0.2, -0.15) is 0 Å². The SMILES string of the molecule is CC1(C)C(Oc2ccccc2Cl)C1C(=O)O. The van der Waals surface area contributed by atoms with Crippen molar-refractivity contribution in [2.75, 3.05) is 0 Å². The Morgan fingerprint density at radius 2 is 2.06 bits per heavy atom. The molecule has 3 nitrogen and oxygen atoms in total. The molecule has 4 heteroatoms. The molecule has 1 aliphatic carbocycles. The van der Waals surface area contributed by atoms with Crippen molar-refractivity contribution in [3.05, 3.63) is 29.3 Å². The van der Waals surface area contributed by atoms with Crippen molar-refractivity contribution in [1.82, 2.24) is 0 Å². The van der Waals surface area contributed by atoms with E-state index >= 15 is 0 Å². The highest BCUT2D eigenvalue weighted by atomic mass is 35.5. The van der Waals surface area contributed by atoms with Crippen LogP contribution in [0.15, 0.2) is 24.3 Å². The molecule has 0 bridgehead atoms. The molecule has 2 rings (SSSR count). The van der Waals surface area contributed by atoms with E-state index < -0.39 is 11.9 Å². The van der Waals surface area contributed by atoms with E-state index in [2.05, 4.69) is 0 Å². The maximum absolute atomic E-state index is 10.9. The normalized spacial score (nSPS) is 26.2. The van der Waals surface area contributed by atoms with E-state index in [9.17, 15) is 4.79 Å². The third-order valence-electron chi connectivity index (χ3n) is 3.09. The minimum absolute atomic E-state index is 0.301. The van der Waals surface area contributed by atoms with Crippen LogP contribution >= 0.6 is 11.6 Å². The fourth-order valence-electron chi connectivity index (χ4n) is 1.94. The van der Waals surface area contributed by atoms with E-state index in [1.54, 1.807) is 12.1 Å². The molecule has 0 amide bonds. The molecule has 0 heterocycles. The van der Waals surface area contributed by atoms with Crippen molar-refractivity contribution in [3.8, 4) is 5.75 Å². The molecule has 0 aromatic heterocycles. The van der Waals surface area contributed by atoms with E-state index in [-0.39, 0.29) is 11.5 Å². The van der Waals surface area contributed by atoms with Gasteiger partial charge in [0, 0.05) is 5.41 Å². The number of benzene rings is 1. The van der Waals surface area contributed by atoms with E-state index in [0.29, 0.717) is 10.8 Å². The van der Waals surface area contributed by atoms with Crippen LogP contribution in [0.25, 0.3) is 0 Å².